The van der Waals surface area contributed by atoms with E-state index in [0.717, 1.165) is 44.6 Å². The molecule has 0 radical (unpaired) electrons. The summed E-state index contributed by atoms with van der Waals surface area (Å²) in [5.41, 5.74) is 1.21. The SMILES string of the molecule is CCc1ccccc1OC1CN(C(=O)NCCN2CCCC(CO)C2)C1. The van der Waals surface area contributed by atoms with E-state index in [1.165, 1.54) is 5.56 Å². The number of nitrogens with one attached hydrogen (secondary N) is 1. The molecule has 6 nitrogen and oxygen atoms in total. The molecule has 0 bridgehead atoms. The number of urea groups is 1. The molecule has 0 aliphatic carbocycles. The van der Waals surface area contributed by atoms with Crippen molar-refractivity contribution < 1.29 is 14.6 Å². The number of aryl methyl sites for hydroxylation is 1. The van der Waals surface area contributed by atoms with Crippen molar-refractivity contribution in [1.82, 2.24) is 15.1 Å². The normalized spacial score (nSPS) is 21.3. The Hall–Kier alpha value is -1.79. The van der Waals surface area contributed by atoms with E-state index in [1.54, 1.807) is 4.90 Å². The zero-order chi connectivity index (χ0) is 18.4. The summed E-state index contributed by atoms with van der Waals surface area (Å²) < 4.78 is 6.02. The first-order valence-electron chi connectivity index (χ1n) is 9.80. The number of aliphatic hydroxyl groups excluding tert-OH is 1. The number of piperidine rings is 1. The first kappa shape index (κ1) is 19.0. The second-order valence-corrected chi connectivity index (χ2v) is 7.33. The third-order valence-electron chi connectivity index (χ3n) is 5.35. The molecule has 2 heterocycles. The lowest BCUT2D eigenvalue weighted by molar-refractivity contribution is 0.0434. The molecule has 2 fully saturated rings. The van der Waals surface area contributed by atoms with E-state index in [4.69, 9.17) is 4.74 Å². The Bertz CT molecular complexity index is 589. The molecule has 2 saturated heterocycles. The number of carbonyl (C=O) groups excluding carboxylic acids is 1. The molecule has 26 heavy (non-hydrogen) atoms. The van der Waals surface area contributed by atoms with E-state index >= 15 is 0 Å². The molecule has 2 amide bonds. The highest BCUT2D eigenvalue weighted by atomic mass is 16.5. The third kappa shape index (κ3) is 4.89. The Labute approximate surface area is 156 Å². The first-order valence-corrected chi connectivity index (χ1v) is 9.80. The average Bonchev–Trinajstić information content (AvgIpc) is 2.64. The van der Waals surface area contributed by atoms with Crippen LogP contribution in [0.25, 0.3) is 0 Å². The molecule has 144 valence electrons. The van der Waals surface area contributed by atoms with Gasteiger partial charge in [0.15, 0.2) is 0 Å². The van der Waals surface area contributed by atoms with Crippen molar-refractivity contribution in [1.29, 1.82) is 0 Å². The lowest BCUT2D eigenvalue weighted by Gasteiger charge is -2.39. The van der Waals surface area contributed by atoms with Crippen LogP contribution in [-0.2, 0) is 6.42 Å². The highest BCUT2D eigenvalue weighted by Crippen LogP contribution is 2.23. The number of carbonyl (C=O) groups is 1. The largest absolute Gasteiger partial charge is 0.486 e. The topological polar surface area (TPSA) is 65.0 Å². The molecule has 6 heteroatoms. The molecule has 3 rings (SSSR count). The molecule has 2 aliphatic heterocycles. The fourth-order valence-corrected chi connectivity index (χ4v) is 3.71. The minimum Gasteiger partial charge on any atom is -0.486 e. The van der Waals surface area contributed by atoms with Gasteiger partial charge in [-0.25, -0.2) is 4.79 Å². The highest BCUT2D eigenvalue weighted by Gasteiger charge is 2.32. The predicted molar refractivity (Wildman–Crippen MR) is 101 cm³/mol. The number of hydrogen-bond acceptors (Lipinski definition) is 4. The Morgan fingerprint density at radius 3 is 2.88 bits per heavy atom. The molecule has 0 aromatic heterocycles. The second kappa shape index (κ2) is 9.24. The van der Waals surface area contributed by atoms with Gasteiger partial charge in [-0.2, -0.15) is 0 Å². The molecule has 1 aromatic carbocycles. The van der Waals surface area contributed by atoms with Crippen molar-refractivity contribution in [2.45, 2.75) is 32.3 Å². The highest BCUT2D eigenvalue weighted by molar-refractivity contribution is 5.75. The Morgan fingerprint density at radius 1 is 1.31 bits per heavy atom. The number of para-hydroxylation sites is 1. The summed E-state index contributed by atoms with van der Waals surface area (Å²) in [6.07, 6.45) is 3.26. The zero-order valence-electron chi connectivity index (χ0n) is 15.7. The van der Waals surface area contributed by atoms with Crippen LogP contribution < -0.4 is 10.1 Å². The van der Waals surface area contributed by atoms with Crippen LogP contribution in [0.5, 0.6) is 5.75 Å². The maximum atomic E-state index is 12.2. The van der Waals surface area contributed by atoms with Crippen molar-refractivity contribution in [3.63, 3.8) is 0 Å². The number of hydrogen-bond donors (Lipinski definition) is 2. The van der Waals surface area contributed by atoms with Crippen LogP contribution in [0, 0.1) is 5.92 Å². The lowest BCUT2D eigenvalue weighted by atomic mass is 9.99. The first-order chi connectivity index (χ1) is 12.7. The van der Waals surface area contributed by atoms with Gasteiger partial charge in [-0.05, 0) is 43.4 Å². The fraction of sp³-hybridized carbons (Fsp3) is 0.650. The van der Waals surface area contributed by atoms with Gasteiger partial charge in [0.1, 0.15) is 11.9 Å². The monoisotopic (exact) mass is 361 g/mol. The van der Waals surface area contributed by atoms with Crippen LogP contribution in [0.1, 0.15) is 25.3 Å². The zero-order valence-corrected chi connectivity index (χ0v) is 15.7. The van der Waals surface area contributed by atoms with E-state index in [0.29, 0.717) is 25.6 Å². The standard InChI is InChI=1S/C20H31N3O3/c1-2-17-7-3-4-8-19(17)26-18-13-23(14-18)20(25)21-9-11-22-10-5-6-16(12-22)15-24/h3-4,7-8,16,18,24H,2,5-6,9-15H2,1H3,(H,21,25). The Balaban J connectivity index is 1.33. The van der Waals surface area contributed by atoms with Gasteiger partial charge in [0, 0.05) is 26.2 Å². The average molecular weight is 361 g/mol. The number of amides is 2. The minimum absolute atomic E-state index is 0.00987. The van der Waals surface area contributed by atoms with E-state index in [9.17, 15) is 9.90 Å². The summed E-state index contributed by atoms with van der Waals surface area (Å²) in [7, 11) is 0. The maximum absolute atomic E-state index is 12.2. The second-order valence-electron chi connectivity index (χ2n) is 7.33. The Kier molecular flexibility index (Phi) is 6.74. The molecular formula is C20H31N3O3. The molecule has 1 aromatic rings. The van der Waals surface area contributed by atoms with E-state index in [2.05, 4.69) is 23.2 Å². The van der Waals surface area contributed by atoms with Crippen LogP contribution in [0.15, 0.2) is 24.3 Å². The number of aliphatic hydroxyl groups is 1. The smallest absolute Gasteiger partial charge is 0.317 e. The molecule has 2 aliphatic rings. The van der Waals surface area contributed by atoms with Crippen LogP contribution >= 0.6 is 0 Å². The maximum Gasteiger partial charge on any atom is 0.317 e. The van der Waals surface area contributed by atoms with Crippen LogP contribution in [0.2, 0.25) is 0 Å². The number of benzene rings is 1. The van der Waals surface area contributed by atoms with Crippen LogP contribution in [0.4, 0.5) is 4.79 Å². The number of likely N-dealkylation sites (tertiary alicyclic amines) is 2. The number of ether oxygens (including phenoxy) is 1. The molecule has 1 unspecified atom stereocenters. The summed E-state index contributed by atoms with van der Waals surface area (Å²) in [4.78, 5) is 16.3. The van der Waals surface area contributed by atoms with Gasteiger partial charge in [-0.3, -0.25) is 0 Å². The van der Waals surface area contributed by atoms with Gasteiger partial charge in [0.05, 0.1) is 13.1 Å². The minimum atomic E-state index is -0.00987. The van der Waals surface area contributed by atoms with Gasteiger partial charge in [-0.15, -0.1) is 0 Å². The van der Waals surface area contributed by atoms with Crippen molar-refractivity contribution in [2.24, 2.45) is 5.92 Å². The predicted octanol–water partition coefficient (Wildman–Crippen LogP) is 1.73. The van der Waals surface area contributed by atoms with E-state index < -0.39 is 0 Å². The fourth-order valence-electron chi connectivity index (χ4n) is 3.71. The summed E-state index contributed by atoms with van der Waals surface area (Å²) >= 11 is 0. The van der Waals surface area contributed by atoms with Gasteiger partial charge < -0.3 is 25.0 Å². The summed E-state index contributed by atoms with van der Waals surface area (Å²) in [6.45, 7) is 7.15. The quantitative estimate of drug-likeness (QED) is 0.776. The van der Waals surface area contributed by atoms with Gasteiger partial charge >= 0.3 is 6.03 Å². The third-order valence-corrected chi connectivity index (χ3v) is 5.35. The number of rotatable bonds is 7. The lowest BCUT2D eigenvalue weighted by Crippen LogP contribution is -2.59. The van der Waals surface area contributed by atoms with Crippen molar-refractivity contribution in [3.05, 3.63) is 29.8 Å². The molecule has 0 spiro atoms. The molecular weight excluding hydrogens is 330 g/mol. The summed E-state index contributed by atoms with van der Waals surface area (Å²) in [6, 6.07) is 8.08. The van der Waals surface area contributed by atoms with Crippen LogP contribution in [-0.4, -0.2) is 72.9 Å². The van der Waals surface area contributed by atoms with Gasteiger partial charge in [-0.1, -0.05) is 25.1 Å². The summed E-state index contributed by atoms with van der Waals surface area (Å²) in [5.74, 6) is 1.32. The van der Waals surface area contributed by atoms with Gasteiger partial charge in [0.25, 0.3) is 0 Å². The van der Waals surface area contributed by atoms with Crippen LogP contribution in [0.3, 0.4) is 0 Å². The van der Waals surface area contributed by atoms with Crippen molar-refractivity contribution in [2.75, 3.05) is 45.9 Å². The van der Waals surface area contributed by atoms with E-state index in [1.807, 2.05) is 18.2 Å². The molecule has 2 N–H and O–H groups in total. The van der Waals surface area contributed by atoms with Crippen molar-refractivity contribution in [3.8, 4) is 5.75 Å². The van der Waals surface area contributed by atoms with Crippen molar-refractivity contribution >= 4 is 6.03 Å². The number of nitrogens with zero attached hydrogens (tertiary/aromatic N) is 2. The van der Waals surface area contributed by atoms with E-state index in [-0.39, 0.29) is 18.7 Å². The molecule has 1 atom stereocenters. The summed E-state index contributed by atoms with van der Waals surface area (Å²) in [5, 5.41) is 12.3. The Morgan fingerprint density at radius 2 is 2.12 bits per heavy atom. The van der Waals surface area contributed by atoms with Gasteiger partial charge in [0.2, 0.25) is 0 Å². The molecule has 0 saturated carbocycles.